The van der Waals surface area contributed by atoms with E-state index in [1.165, 1.54) is 0 Å². The quantitative estimate of drug-likeness (QED) is 0.517. The zero-order valence-corrected chi connectivity index (χ0v) is 7.53. The summed E-state index contributed by atoms with van der Waals surface area (Å²) in [5.74, 6) is 0. The molecule has 0 aromatic rings. The van der Waals surface area contributed by atoms with E-state index >= 15 is 0 Å². The highest BCUT2D eigenvalue weighted by atomic mass is 19.4. The molecule has 0 fully saturated rings. The lowest BCUT2D eigenvalue weighted by atomic mass is 10.3. The molecule has 0 radical (unpaired) electrons. The van der Waals surface area contributed by atoms with Crippen molar-refractivity contribution in [2.45, 2.75) is 19.1 Å². The van der Waals surface area contributed by atoms with Crippen molar-refractivity contribution < 1.29 is 17.9 Å². The fraction of sp³-hybridized carbons (Fsp3) is 0.750. The number of nitrogens with one attached hydrogen (secondary N) is 1. The molecule has 0 bridgehead atoms. The van der Waals surface area contributed by atoms with E-state index in [2.05, 4.69) is 16.6 Å². The van der Waals surface area contributed by atoms with Crippen LogP contribution >= 0.6 is 0 Å². The standard InChI is InChI=1S/C8H14F3NO/c1-3-7(2)12-4-5-13-6-8(9,10)11/h3,7,12H,1,4-6H2,2H3. The Kier molecular flexibility index (Phi) is 5.73. The van der Waals surface area contributed by atoms with Crippen LogP contribution in [0.15, 0.2) is 12.7 Å². The van der Waals surface area contributed by atoms with Crippen molar-refractivity contribution in [1.29, 1.82) is 0 Å². The third kappa shape index (κ3) is 9.36. The molecule has 0 aliphatic carbocycles. The van der Waals surface area contributed by atoms with Crippen molar-refractivity contribution in [1.82, 2.24) is 5.32 Å². The van der Waals surface area contributed by atoms with Gasteiger partial charge in [0, 0.05) is 12.6 Å². The highest BCUT2D eigenvalue weighted by Gasteiger charge is 2.27. The first kappa shape index (κ1) is 12.4. The number of halogens is 3. The van der Waals surface area contributed by atoms with Gasteiger partial charge in [-0.3, -0.25) is 0 Å². The van der Waals surface area contributed by atoms with Crippen LogP contribution in [0.5, 0.6) is 0 Å². The summed E-state index contributed by atoms with van der Waals surface area (Å²) in [6.45, 7) is 4.64. The van der Waals surface area contributed by atoms with E-state index in [-0.39, 0.29) is 12.6 Å². The molecule has 0 aromatic heterocycles. The van der Waals surface area contributed by atoms with Crippen LogP contribution < -0.4 is 5.32 Å². The first-order valence-corrected chi connectivity index (χ1v) is 3.96. The molecule has 0 amide bonds. The van der Waals surface area contributed by atoms with Crippen LogP contribution in [0.1, 0.15) is 6.92 Å². The van der Waals surface area contributed by atoms with E-state index in [4.69, 9.17) is 0 Å². The van der Waals surface area contributed by atoms with Crippen molar-refractivity contribution in [3.63, 3.8) is 0 Å². The smallest absolute Gasteiger partial charge is 0.371 e. The maximum absolute atomic E-state index is 11.5. The summed E-state index contributed by atoms with van der Waals surface area (Å²) in [5.41, 5.74) is 0. The minimum Gasteiger partial charge on any atom is -0.371 e. The third-order valence-electron chi connectivity index (χ3n) is 1.33. The van der Waals surface area contributed by atoms with Crippen LogP contribution in [-0.2, 0) is 4.74 Å². The van der Waals surface area contributed by atoms with Crippen molar-refractivity contribution in [2.24, 2.45) is 0 Å². The van der Waals surface area contributed by atoms with Crippen LogP contribution in [-0.4, -0.2) is 32.0 Å². The molecule has 0 rings (SSSR count). The molecule has 0 saturated heterocycles. The van der Waals surface area contributed by atoms with Crippen molar-refractivity contribution >= 4 is 0 Å². The number of ether oxygens (including phenoxy) is 1. The first-order valence-electron chi connectivity index (χ1n) is 3.96. The second-order valence-corrected chi connectivity index (χ2v) is 2.65. The summed E-state index contributed by atoms with van der Waals surface area (Å²) in [5, 5.41) is 2.91. The molecular formula is C8H14F3NO. The maximum atomic E-state index is 11.5. The van der Waals surface area contributed by atoms with Gasteiger partial charge >= 0.3 is 6.18 Å². The summed E-state index contributed by atoms with van der Waals surface area (Å²) in [4.78, 5) is 0. The largest absolute Gasteiger partial charge is 0.411 e. The topological polar surface area (TPSA) is 21.3 Å². The van der Waals surface area contributed by atoms with Gasteiger partial charge in [0.25, 0.3) is 0 Å². The van der Waals surface area contributed by atoms with Gasteiger partial charge in [0.15, 0.2) is 0 Å². The Morgan fingerprint density at radius 2 is 2.15 bits per heavy atom. The highest BCUT2D eigenvalue weighted by Crippen LogP contribution is 2.13. The predicted octanol–water partition coefficient (Wildman–Crippen LogP) is 1.73. The zero-order valence-electron chi connectivity index (χ0n) is 7.53. The van der Waals surface area contributed by atoms with Gasteiger partial charge < -0.3 is 10.1 Å². The molecule has 0 heterocycles. The SMILES string of the molecule is C=CC(C)NCCOCC(F)(F)F. The summed E-state index contributed by atoms with van der Waals surface area (Å²) in [7, 11) is 0. The summed E-state index contributed by atoms with van der Waals surface area (Å²) < 4.78 is 39.0. The van der Waals surface area contributed by atoms with Gasteiger partial charge in [-0.25, -0.2) is 0 Å². The Morgan fingerprint density at radius 1 is 1.54 bits per heavy atom. The fourth-order valence-electron chi connectivity index (χ4n) is 0.630. The highest BCUT2D eigenvalue weighted by molar-refractivity contribution is 4.80. The average Bonchev–Trinajstić information content (AvgIpc) is 2.01. The van der Waals surface area contributed by atoms with Crippen molar-refractivity contribution in [3.05, 3.63) is 12.7 Å². The van der Waals surface area contributed by atoms with E-state index in [0.29, 0.717) is 6.54 Å². The van der Waals surface area contributed by atoms with Crippen LogP contribution in [0.3, 0.4) is 0 Å². The van der Waals surface area contributed by atoms with E-state index in [1.54, 1.807) is 6.08 Å². The lowest BCUT2D eigenvalue weighted by Crippen LogP contribution is -2.29. The molecule has 13 heavy (non-hydrogen) atoms. The van der Waals surface area contributed by atoms with Gasteiger partial charge in [0.1, 0.15) is 6.61 Å². The maximum Gasteiger partial charge on any atom is 0.411 e. The zero-order chi connectivity index (χ0) is 10.3. The molecule has 0 aliphatic rings. The summed E-state index contributed by atoms with van der Waals surface area (Å²) in [6.07, 6.45) is -2.56. The van der Waals surface area contributed by atoms with Gasteiger partial charge in [-0.1, -0.05) is 6.08 Å². The Bertz CT molecular complexity index is 147. The molecule has 0 spiro atoms. The van der Waals surface area contributed by atoms with Gasteiger partial charge in [0.2, 0.25) is 0 Å². The van der Waals surface area contributed by atoms with Gasteiger partial charge in [-0.2, -0.15) is 13.2 Å². The van der Waals surface area contributed by atoms with E-state index in [9.17, 15) is 13.2 Å². The summed E-state index contributed by atoms with van der Waals surface area (Å²) in [6, 6.07) is 0.0921. The normalized spacial score (nSPS) is 14.2. The first-order chi connectivity index (χ1) is 5.95. The molecule has 0 aromatic carbocycles. The molecule has 0 aliphatic heterocycles. The van der Waals surface area contributed by atoms with Crippen molar-refractivity contribution in [2.75, 3.05) is 19.8 Å². The second kappa shape index (κ2) is 5.99. The van der Waals surface area contributed by atoms with E-state index in [0.717, 1.165) is 0 Å². The molecular weight excluding hydrogens is 183 g/mol. The number of hydrogen-bond donors (Lipinski definition) is 1. The van der Waals surface area contributed by atoms with E-state index in [1.807, 2.05) is 6.92 Å². The minimum atomic E-state index is -4.23. The molecule has 1 N–H and O–H groups in total. The predicted molar refractivity (Wildman–Crippen MR) is 44.5 cm³/mol. The molecule has 2 nitrogen and oxygen atoms in total. The van der Waals surface area contributed by atoms with Gasteiger partial charge in [0.05, 0.1) is 6.61 Å². The van der Waals surface area contributed by atoms with Crippen LogP contribution in [0.4, 0.5) is 13.2 Å². The van der Waals surface area contributed by atoms with Crippen LogP contribution in [0, 0.1) is 0 Å². The lowest BCUT2D eigenvalue weighted by molar-refractivity contribution is -0.173. The molecule has 5 heteroatoms. The van der Waals surface area contributed by atoms with Crippen molar-refractivity contribution in [3.8, 4) is 0 Å². The minimum absolute atomic E-state index is 0.0533. The third-order valence-corrected chi connectivity index (χ3v) is 1.33. The lowest BCUT2D eigenvalue weighted by Gasteiger charge is -2.10. The molecule has 0 saturated carbocycles. The number of alkyl halides is 3. The Balaban J connectivity index is 3.22. The molecule has 1 unspecified atom stereocenters. The van der Waals surface area contributed by atoms with Gasteiger partial charge in [-0.15, -0.1) is 6.58 Å². The molecule has 78 valence electrons. The fourth-order valence-corrected chi connectivity index (χ4v) is 0.630. The summed E-state index contributed by atoms with van der Waals surface area (Å²) >= 11 is 0. The van der Waals surface area contributed by atoms with Crippen LogP contribution in [0.2, 0.25) is 0 Å². The van der Waals surface area contributed by atoms with E-state index < -0.39 is 12.8 Å². The Morgan fingerprint density at radius 3 is 2.62 bits per heavy atom. The number of hydrogen-bond acceptors (Lipinski definition) is 2. The average molecular weight is 197 g/mol. The Labute approximate surface area is 75.8 Å². The van der Waals surface area contributed by atoms with Gasteiger partial charge in [-0.05, 0) is 6.92 Å². The number of rotatable bonds is 6. The molecule has 1 atom stereocenters. The second-order valence-electron chi connectivity index (χ2n) is 2.65. The monoisotopic (exact) mass is 197 g/mol. The van der Waals surface area contributed by atoms with Crippen LogP contribution in [0.25, 0.3) is 0 Å². The Hall–Kier alpha value is -0.550.